The highest BCUT2D eigenvalue weighted by atomic mass is 127. The minimum absolute atomic E-state index is 0. The number of hydrogen-bond donors (Lipinski definition) is 2. The maximum atomic E-state index is 14.7. The molecule has 2 N–H and O–H groups in total. The largest absolute Gasteiger partial charge is 0.382 e. The summed E-state index contributed by atoms with van der Waals surface area (Å²) < 4.78 is 25.7. The summed E-state index contributed by atoms with van der Waals surface area (Å²) in [5, 5.41) is 6.88. The summed E-state index contributed by atoms with van der Waals surface area (Å²) in [6.07, 6.45) is 6.13. The lowest BCUT2D eigenvalue weighted by Gasteiger charge is -2.30. The van der Waals surface area contributed by atoms with Gasteiger partial charge < -0.3 is 25.0 Å². The van der Waals surface area contributed by atoms with Crippen LogP contribution in [0.5, 0.6) is 0 Å². The van der Waals surface area contributed by atoms with Crippen LogP contribution in [0.1, 0.15) is 51.5 Å². The molecule has 1 saturated heterocycles. The SMILES string of the molecule is CCNC(=NCc1ccc(N2CCOCC2)c(F)c1)NCC1(CCOCC)CCCC1.I. The quantitative estimate of drug-likeness (QED) is 0.193. The number of anilines is 1. The molecule has 6 nitrogen and oxygen atoms in total. The van der Waals surface area contributed by atoms with Crippen LogP contribution in [0.25, 0.3) is 0 Å². The molecule has 0 aromatic heterocycles. The molecule has 0 bridgehead atoms. The second kappa shape index (κ2) is 14.2. The third kappa shape index (κ3) is 8.02. The van der Waals surface area contributed by atoms with Gasteiger partial charge in [0.25, 0.3) is 0 Å². The van der Waals surface area contributed by atoms with Crippen molar-refractivity contribution in [2.45, 2.75) is 52.5 Å². The Hall–Kier alpha value is -1.13. The van der Waals surface area contributed by atoms with Gasteiger partial charge in [-0.3, -0.25) is 0 Å². The van der Waals surface area contributed by atoms with Gasteiger partial charge in [-0.05, 0) is 56.2 Å². The smallest absolute Gasteiger partial charge is 0.191 e. The molecule has 2 aliphatic rings. The van der Waals surface area contributed by atoms with Gasteiger partial charge >= 0.3 is 0 Å². The first kappa shape index (κ1) is 27.1. The van der Waals surface area contributed by atoms with Crippen LogP contribution in [-0.4, -0.2) is 58.6 Å². The Morgan fingerprint density at radius 1 is 1.19 bits per heavy atom. The number of nitrogens with zero attached hydrogens (tertiary/aromatic N) is 2. The van der Waals surface area contributed by atoms with Crippen molar-refractivity contribution < 1.29 is 13.9 Å². The highest BCUT2D eigenvalue weighted by Gasteiger charge is 2.33. The van der Waals surface area contributed by atoms with Gasteiger partial charge in [-0.15, -0.1) is 24.0 Å². The lowest BCUT2D eigenvalue weighted by molar-refractivity contribution is 0.105. The van der Waals surface area contributed by atoms with E-state index in [9.17, 15) is 4.39 Å². The van der Waals surface area contributed by atoms with E-state index in [1.54, 1.807) is 6.07 Å². The number of halogens is 2. The van der Waals surface area contributed by atoms with E-state index in [0.717, 1.165) is 57.3 Å². The first-order valence-electron chi connectivity index (χ1n) is 11.9. The van der Waals surface area contributed by atoms with Crippen LogP contribution in [0.15, 0.2) is 23.2 Å². The van der Waals surface area contributed by atoms with E-state index in [1.165, 1.54) is 25.7 Å². The molecular formula is C24H40FIN4O2. The molecule has 3 rings (SSSR count). The van der Waals surface area contributed by atoms with Crippen molar-refractivity contribution in [2.24, 2.45) is 10.4 Å². The van der Waals surface area contributed by atoms with Crippen LogP contribution >= 0.6 is 24.0 Å². The summed E-state index contributed by atoms with van der Waals surface area (Å²) in [4.78, 5) is 6.76. The predicted molar refractivity (Wildman–Crippen MR) is 140 cm³/mol. The minimum atomic E-state index is -0.187. The molecule has 182 valence electrons. The number of ether oxygens (including phenoxy) is 2. The summed E-state index contributed by atoms with van der Waals surface area (Å²) in [5.74, 6) is 0.608. The molecule has 2 fully saturated rings. The van der Waals surface area contributed by atoms with Gasteiger partial charge in [-0.25, -0.2) is 9.38 Å². The van der Waals surface area contributed by atoms with E-state index in [-0.39, 0.29) is 35.2 Å². The van der Waals surface area contributed by atoms with E-state index < -0.39 is 0 Å². The lowest BCUT2D eigenvalue weighted by Crippen LogP contribution is -2.43. The van der Waals surface area contributed by atoms with Crippen molar-refractivity contribution >= 4 is 35.6 Å². The van der Waals surface area contributed by atoms with Crippen LogP contribution in [0.2, 0.25) is 0 Å². The van der Waals surface area contributed by atoms with Gasteiger partial charge in [0.15, 0.2) is 5.96 Å². The molecule has 1 aliphatic carbocycles. The van der Waals surface area contributed by atoms with E-state index in [4.69, 9.17) is 14.5 Å². The number of hydrogen-bond acceptors (Lipinski definition) is 4. The Bertz CT molecular complexity index is 707. The van der Waals surface area contributed by atoms with E-state index in [0.29, 0.717) is 25.4 Å². The Kier molecular flexibility index (Phi) is 12.0. The summed E-state index contributed by atoms with van der Waals surface area (Å²) >= 11 is 0. The maximum absolute atomic E-state index is 14.7. The van der Waals surface area contributed by atoms with Gasteiger partial charge in [-0.1, -0.05) is 18.9 Å². The summed E-state index contributed by atoms with van der Waals surface area (Å²) in [7, 11) is 0. The number of rotatable bonds is 10. The van der Waals surface area contributed by atoms with E-state index in [2.05, 4.69) is 17.6 Å². The number of morpholine rings is 1. The highest BCUT2D eigenvalue weighted by Crippen LogP contribution is 2.40. The standard InChI is InChI=1S/C24H39FN4O2.HI/c1-3-26-23(28-19-24(9-5-6-10-24)11-14-30-4-2)27-18-20-7-8-22(21(25)17-20)29-12-15-31-16-13-29;/h7-8,17H,3-6,9-16,18-19H2,1-2H3,(H2,26,27,28);1H. The molecule has 0 spiro atoms. The minimum Gasteiger partial charge on any atom is -0.382 e. The molecule has 0 amide bonds. The van der Waals surface area contributed by atoms with Crippen molar-refractivity contribution in [2.75, 3.05) is 57.5 Å². The third-order valence-electron chi connectivity index (χ3n) is 6.40. The Balaban J connectivity index is 0.00000363. The van der Waals surface area contributed by atoms with Crippen molar-refractivity contribution in [3.63, 3.8) is 0 Å². The zero-order chi connectivity index (χ0) is 21.9. The zero-order valence-electron chi connectivity index (χ0n) is 19.6. The fourth-order valence-corrected chi connectivity index (χ4v) is 4.57. The number of benzene rings is 1. The second-order valence-corrected chi connectivity index (χ2v) is 8.59. The first-order valence-corrected chi connectivity index (χ1v) is 11.9. The van der Waals surface area contributed by atoms with Gasteiger partial charge in [0.2, 0.25) is 0 Å². The van der Waals surface area contributed by atoms with Gasteiger partial charge in [0, 0.05) is 39.4 Å². The Labute approximate surface area is 209 Å². The fraction of sp³-hybridized carbons (Fsp3) is 0.708. The predicted octanol–water partition coefficient (Wildman–Crippen LogP) is 4.32. The Morgan fingerprint density at radius 3 is 2.59 bits per heavy atom. The summed E-state index contributed by atoms with van der Waals surface area (Å²) in [6, 6.07) is 5.45. The molecule has 8 heteroatoms. The van der Waals surface area contributed by atoms with Crippen molar-refractivity contribution in [3.05, 3.63) is 29.6 Å². The molecule has 1 heterocycles. The molecule has 1 saturated carbocycles. The molecule has 0 unspecified atom stereocenters. The lowest BCUT2D eigenvalue weighted by atomic mass is 9.83. The number of aliphatic imine (C=N–C) groups is 1. The topological polar surface area (TPSA) is 58.1 Å². The monoisotopic (exact) mass is 562 g/mol. The number of nitrogens with one attached hydrogen (secondary N) is 2. The summed E-state index contributed by atoms with van der Waals surface area (Å²) in [6.45, 7) is 10.6. The average molecular weight is 563 g/mol. The summed E-state index contributed by atoms with van der Waals surface area (Å²) in [5.41, 5.74) is 1.81. The van der Waals surface area contributed by atoms with Crippen molar-refractivity contribution in [3.8, 4) is 0 Å². The van der Waals surface area contributed by atoms with Gasteiger partial charge in [-0.2, -0.15) is 0 Å². The molecule has 0 radical (unpaired) electrons. The van der Waals surface area contributed by atoms with Crippen LogP contribution in [0, 0.1) is 11.2 Å². The maximum Gasteiger partial charge on any atom is 0.191 e. The van der Waals surface area contributed by atoms with Gasteiger partial charge in [0.1, 0.15) is 5.82 Å². The molecule has 1 aromatic rings. The normalized spacial score (nSPS) is 18.3. The van der Waals surface area contributed by atoms with Gasteiger partial charge in [0.05, 0.1) is 25.4 Å². The van der Waals surface area contributed by atoms with E-state index >= 15 is 0 Å². The van der Waals surface area contributed by atoms with Crippen molar-refractivity contribution in [1.82, 2.24) is 10.6 Å². The van der Waals surface area contributed by atoms with E-state index in [1.807, 2.05) is 24.0 Å². The third-order valence-corrected chi connectivity index (χ3v) is 6.40. The van der Waals surface area contributed by atoms with Crippen LogP contribution in [-0.2, 0) is 16.0 Å². The van der Waals surface area contributed by atoms with Crippen LogP contribution < -0.4 is 15.5 Å². The molecule has 1 aliphatic heterocycles. The fourth-order valence-electron chi connectivity index (χ4n) is 4.57. The molecular weight excluding hydrogens is 522 g/mol. The average Bonchev–Trinajstić information content (AvgIpc) is 3.25. The van der Waals surface area contributed by atoms with Crippen LogP contribution in [0.4, 0.5) is 10.1 Å². The highest BCUT2D eigenvalue weighted by molar-refractivity contribution is 14.0. The van der Waals surface area contributed by atoms with Crippen molar-refractivity contribution in [1.29, 1.82) is 0 Å². The zero-order valence-corrected chi connectivity index (χ0v) is 22.0. The first-order chi connectivity index (χ1) is 15.2. The van der Waals surface area contributed by atoms with Crippen LogP contribution in [0.3, 0.4) is 0 Å². The molecule has 32 heavy (non-hydrogen) atoms. The second-order valence-electron chi connectivity index (χ2n) is 8.59. The molecule has 0 atom stereocenters. The number of guanidine groups is 1. The Morgan fingerprint density at radius 2 is 1.94 bits per heavy atom. The molecule has 1 aromatic carbocycles.